The molecule has 0 saturated carbocycles. The molecule has 0 atom stereocenters. The van der Waals surface area contributed by atoms with Gasteiger partial charge in [-0.15, -0.1) is 5.10 Å². The number of fused-ring (bicyclic) bond motifs is 1. The van der Waals surface area contributed by atoms with Crippen molar-refractivity contribution in [2.45, 2.75) is 18.9 Å². The number of piperidine rings is 1. The molecular weight excluding hydrogens is 338 g/mol. The van der Waals surface area contributed by atoms with Crippen LogP contribution in [0.15, 0.2) is 24.7 Å². The summed E-state index contributed by atoms with van der Waals surface area (Å²) in [7, 11) is 1.73. The molecule has 0 bridgehead atoms. The maximum atomic E-state index is 12.9. The number of carbonyl (C=O) groups excluding carboxylic acids is 1. The van der Waals surface area contributed by atoms with Gasteiger partial charge in [-0.1, -0.05) is 5.21 Å². The number of hydrogen-bond donors (Lipinski definition) is 1. The van der Waals surface area contributed by atoms with E-state index in [9.17, 15) is 9.59 Å². The van der Waals surface area contributed by atoms with Crippen LogP contribution in [0.4, 0.5) is 0 Å². The summed E-state index contributed by atoms with van der Waals surface area (Å²) < 4.78 is 3.22. The molecule has 10 nitrogen and oxygen atoms in total. The minimum atomic E-state index is -0.991. The van der Waals surface area contributed by atoms with Crippen LogP contribution in [-0.2, 0) is 7.05 Å². The van der Waals surface area contributed by atoms with Crippen LogP contribution >= 0.6 is 0 Å². The zero-order valence-corrected chi connectivity index (χ0v) is 14.1. The highest BCUT2D eigenvalue weighted by molar-refractivity contribution is 6.03. The molecule has 134 valence electrons. The van der Waals surface area contributed by atoms with Crippen molar-refractivity contribution in [3.05, 3.63) is 35.8 Å². The average Bonchev–Trinajstić information content (AvgIpc) is 3.29. The van der Waals surface area contributed by atoms with E-state index in [2.05, 4.69) is 20.4 Å². The van der Waals surface area contributed by atoms with E-state index in [1.807, 2.05) is 0 Å². The molecule has 4 rings (SSSR count). The number of aromatic carboxylic acids is 1. The predicted molar refractivity (Wildman–Crippen MR) is 89.7 cm³/mol. The van der Waals surface area contributed by atoms with Crippen LogP contribution in [0, 0.1) is 0 Å². The van der Waals surface area contributed by atoms with Crippen molar-refractivity contribution >= 4 is 23.0 Å². The summed E-state index contributed by atoms with van der Waals surface area (Å²) in [6.07, 6.45) is 5.89. The van der Waals surface area contributed by atoms with Gasteiger partial charge in [0.15, 0.2) is 5.65 Å². The number of likely N-dealkylation sites (tertiary alicyclic amines) is 1. The Balaban J connectivity index is 1.48. The number of carbonyl (C=O) groups is 2. The molecule has 3 aromatic heterocycles. The first-order valence-electron chi connectivity index (χ1n) is 8.25. The predicted octanol–water partition coefficient (Wildman–Crippen LogP) is 0.735. The zero-order chi connectivity index (χ0) is 18.3. The Kier molecular flexibility index (Phi) is 3.86. The fourth-order valence-corrected chi connectivity index (χ4v) is 3.26. The van der Waals surface area contributed by atoms with Crippen molar-refractivity contribution in [1.82, 2.24) is 34.7 Å². The number of nitrogens with zero attached hydrogens (tertiary/aromatic N) is 7. The van der Waals surface area contributed by atoms with E-state index in [-0.39, 0.29) is 17.5 Å². The van der Waals surface area contributed by atoms with Gasteiger partial charge in [0.25, 0.3) is 5.91 Å². The van der Waals surface area contributed by atoms with E-state index in [1.165, 1.54) is 17.1 Å². The van der Waals surface area contributed by atoms with E-state index in [0.717, 1.165) is 0 Å². The molecule has 1 aliphatic heterocycles. The van der Waals surface area contributed by atoms with Crippen LogP contribution in [0.25, 0.3) is 11.2 Å². The second-order valence-electron chi connectivity index (χ2n) is 6.28. The minimum Gasteiger partial charge on any atom is -0.478 e. The molecule has 1 aliphatic rings. The lowest BCUT2D eigenvalue weighted by molar-refractivity contribution is 0.0689. The Morgan fingerprint density at radius 3 is 2.73 bits per heavy atom. The van der Waals surface area contributed by atoms with Crippen LogP contribution in [0.1, 0.15) is 39.6 Å². The first-order chi connectivity index (χ1) is 12.5. The number of carboxylic acid groups (broad SMARTS) is 1. The monoisotopic (exact) mass is 355 g/mol. The third-order valence-corrected chi connectivity index (χ3v) is 4.70. The SMILES string of the molecule is Cn1nnc2c(C(=O)N3CCC(n4cc(C(=O)O)cn4)CC3)ccnc21. The first-order valence-corrected chi connectivity index (χ1v) is 8.25. The lowest BCUT2D eigenvalue weighted by Crippen LogP contribution is -2.39. The lowest BCUT2D eigenvalue weighted by Gasteiger charge is -2.32. The van der Waals surface area contributed by atoms with Crippen LogP contribution in [0.2, 0.25) is 0 Å². The molecule has 1 N–H and O–H groups in total. The van der Waals surface area contributed by atoms with Crippen LogP contribution in [-0.4, -0.2) is 64.7 Å². The van der Waals surface area contributed by atoms with Crippen molar-refractivity contribution in [2.75, 3.05) is 13.1 Å². The van der Waals surface area contributed by atoms with Gasteiger partial charge in [0, 0.05) is 32.5 Å². The van der Waals surface area contributed by atoms with Gasteiger partial charge in [-0.2, -0.15) is 5.10 Å². The highest BCUT2D eigenvalue weighted by Gasteiger charge is 2.27. The van der Waals surface area contributed by atoms with Crippen LogP contribution in [0.3, 0.4) is 0 Å². The Morgan fingerprint density at radius 2 is 2.04 bits per heavy atom. The van der Waals surface area contributed by atoms with E-state index in [1.54, 1.807) is 28.9 Å². The highest BCUT2D eigenvalue weighted by Crippen LogP contribution is 2.24. The number of rotatable bonds is 3. The van der Waals surface area contributed by atoms with Gasteiger partial charge in [-0.05, 0) is 18.9 Å². The van der Waals surface area contributed by atoms with Crippen LogP contribution in [0.5, 0.6) is 0 Å². The number of aryl methyl sites for hydroxylation is 1. The van der Waals surface area contributed by atoms with E-state index < -0.39 is 5.97 Å². The van der Waals surface area contributed by atoms with Gasteiger partial charge in [0.1, 0.15) is 5.52 Å². The standard InChI is InChI=1S/C16H17N7O3/c1-21-14-13(19-20-21)12(2-5-17-14)15(24)22-6-3-11(4-7-22)23-9-10(8-18-23)16(25)26/h2,5,8-9,11H,3-4,6-7H2,1H3,(H,25,26). The van der Waals surface area contributed by atoms with Crippen LogP contribution < -0.4 is 0 Å². The summed E-state index contributed by atoms with van der Waals surface area (Å²) in [5.74, 6) is -1.09. The first kappa shape index (κ1) is 16.2. The molecule has 0 radical (unpaired) electrons. The van der Waals surface area contributed by atoms with Gasteiger partial charge in [0.2, 0.25) is 0 Å². The van der Waals surface area contributed by atoms with E-state index in [4.69, 9.17) is 5.11 Å². The Morgan fingerprint density at radius 1 is 1.27 bits per heavy atom. The zero-order valence-electron chi connectivity index (χ0n) is 14.1. The van der Waals surface area contributed by atoms with Crippen molar-refractivity contribution in [3.8, 4) is 0 Å². The van der Waals surface area contributed by atoms with E-state index in [0.29, 0.717) is 42.7 Å². The van der Waals surface area contributed by atoms with Gasteiger partial charge >= 0.3 is 5.97 Å². The number of amides is 1. The summed E-state index contributed by atoms with van der Waals surface area (Å²) in [6, 6.07) is 1.75. The number of aromatic nitrogens is 6. The molecule has 0 unspecified atom stereocenters. The molecule has 1 saturated heterocycles. The molecule has 26 heavy (non-hydrogen) atoms. The molecule has 0 aromatic carbocycles. The highest BCUT2D eigenvalue weighted by atomic mass is 16.4. The summed E-state index contributed by atoms with van der Waals surface area (Å²) in [5.41, 5.74) is 1.74. The van der Waals surface area contributed by atoms with Gasteiger partial charge < -0.3 is 10.0 Å². The number of pyridine rings is 1. The molecule has 1 amide bonds. The second kappa shape index (κ2) is 6.21. The fraction of sp³-hybridized carbons (Fsp3) is 0.375. The lowest BCUT2D eigenvalue weighted by atomic mass is 10.0. The third kappa shape index (κ3) is 2.68. The third-order valence-electron chi connectivity index (χ3n) is 4.70. The van der Waals surface area contributed by atoms with Crippen molar-refractivity contribution in [2.24, 2.45) is 7.05 Å². The van der Waals surface area contributed by atoms with Crippen molar-refractivity contribution < 1.29 is 14.7 Å². The quantitative estimate of drug-likeness (QED) is 0.735. The largest absolute Gasteiger partial charge is 0.478 e. The Labute approximate surface area is 148 Å². The fourth-order valence-electron chi connectivity index (χ4n) is 3.26. The summed E-state index contributed by atoms with van der Waals surface area (Å²) in [4.78, 5) is 29.8. The topological polar surface area (TPSA) is 119 Å². The van der Waals surface area contributed by atoms with Gasteiger partial charge in [-0.25, -0.2) is 14.5 Å². The maximum Gasteiger partial charge on any atom is 0.338 e. The Hall–Kier alpha value is -3.30. The minimum absolute atomic E-state index is 0.0844. The Bertz CT molecular complexity index is 985. The normalized spacial score (nSPS) is 15.5. The summed E-state index contributed by atoms with van der Waals surface area (Å²) >= 11 is 0. The molecule has 0 aliphatic carbocycles. The van der Waals surface area contributed by atoms with E-state index >= 15 is 0 Å². The molecule has 1 fully saturated rings. The van der Waals surface area contributed by atoms with Gasteiger partial charge in [-0.3, -0.25) is 9.48 Å². The van der Waals surface area contributed by atoms with Crippen molar-refractivity contribution in [1.29, 1.82) is 0 Å². The van der Waals surface area contributed by atoms with Gasteiger partial charge in [0.05, 0.1) is 23.4 Å². The molecular formula is C16H17N7O3. The summed E-state index contributed by atoms with van der Waals surface area (Å²) in [5, 5.41) is 21.1. The summed E-state index contributed by atoms with van der Waals surface area (Å²) in [6.45, 7) is 1.13. The van der Waals surface area contributed by atoms with Crippen molar-refractivity contribution in [3.63, 3.8) is 0 Å². The molecule has 3 aromatic rings. The number of hydrogen-bond acceptors (Lipinski definition) is 6. The maximum absolute atomic E-state index is 12.9. The average molecular weight is 355 g/mol. The molecule has 4 heterocycles. The molecule has 0 spiro atoms. The number of carboxylic acids is 1. The second-order valence-corrected chi connectivity index (χ2v) is 6.28. The molecule has 10 heteroatoms. The smallest absolute Gasteiger partial charge is 0.338 e.